The lowest BCUT2D eigenvalue weighted by molar-refractivity contribution is -0.121. The lowest BCUT2D eigenvalue weighted by Gasteiger charge is -2.30. The topological polar surface area (TPSA) is 106 Å². The molecule has 0 radical (unpaired) electrons. The van der Waals surface area contributed by atoms with Gasteiger partial charge in [0.1, 0.15) is 5.76 Å². The number of hydrogen-bond donors (Lipinski definition) is 1. The van der Waals surface area contributed by atoms with Gasteiger partial charge in [0, 0.05) is 25.1 Å². The molecule has 1 N–H and O–H groups in total. The number of benzene rings is 1. The molecule has 0 spiro atoms. The summed E-state index contributed by atoms with van der Waals surface area (Å²) in [7, 11) is 0. The van der Waals surface area contributed by atoms with Gasteiger partial charge in [-0.3, -0.25) is 9.59 Å². The highest BCUT2D eigenvalue weighted by molar-refractivity contribution is 5.93. The number of aryl methyl sites for hydroxylation is 1. The van der Waals surface area contributed by atoms with Gasteiger partial charge < -0.3 is 14.7 Å². The predicted molar refractivity (Wildman–Crippen MR) is 104 cm³/mol. The van der Waals surface area contributed by atoms with Gasteiger partial charge >= 0.3 is 0 Å². The van der Waals surface area contributed by atoms with Gasteiger partial charge in [0.25, 0.3) is 5.91 Å². The number of carbonyl (C=O) groups excluding carboxylic acids is 2. The number of aromatic nitrogens is 4. The Kier molecular flexibility index (Phi) is 5.37. The molecular formula is C20H22N6O3. The first-order valence-electron chi connectivity index (χ1n) is 9.56. The Morgan fingerprint density at radius 3 is 2.66 bits per heavy atom. The molecule has 3 heterocycles. The van der Waals surface area contributed by atoms with Crippen molar-refractivity contribution in [3.63, 3.8) is 0 Å². The first-order valence-corrected chi connectivity index (χ1v) is 9.56. The summed E-state index contributed by atoms with van der Waals surface area (Å²) >= 11 is 0. The van der Waals surface area contributed by atoms with Crippen LogP contribution in [-0.4, -0.2) is 50.0 Å². The summed E-state index contributed by atoms with van der Waals surface area (Å²) in [6, 6.07) is 11.6. The van der Waals surface area contributed by atoms with Crippen LogP contribution in [0.5, 0.6) is 0 Å². The third-order valence-electron chi connectivity index (χ3n) is 4.98. The van der Waals surface area contributed by atoms with Crippen molar-refractivity contribution in [3.8, 4) is 0 Å². The van der Waals surface area contributed by atoms with Crippen molar-refractivity contribution in [2.75, 3.05) is 18.4 Å². The van der Waals surface area contributed by atoms with Gasteiger partial charge in [0.15, 0.2) is 11.5 Å². The summed E-state index contributed by atoms with van der Waals surface area (Å²) in [5, 5.41) is 14.6. The molecule has 29 heavy (non-hydrogen) atoms. The summed E-state index contributed by atoms with van der Waals surface area (Å²) in [6.45, 7) is 3.33. The highest BCUT2D eigenvalue weighted by atomic mass is 16.5. The first kappa shape index (κ1) is 18.9. The Balaban J connectivity index is 1.30. The summed E-state index contributed by atoms with van der Waals surface area (Å²) in [5.74, 6) is 0.640. The fraction of sp³-hybridized carbons (Fsp3) is 0.350. The zero-order valence-corrected chi connectivity index (χ0v) is 16.1. The number of hydrogen-bond acceptors (Lipinski definition) is 6. The van der Waals surface area contributed by atoms with E-state index in [1.807, 2.05) is 30.3 Å². The molecule has 2 aromatic heterocycles. The number of amides is 2. The van der Waals surface area contributed by atoms with E-state index in [-0.39, 0.29) is 17.7 Å². The molecule has 1 aromatic carbocycles. The molecule has 0 aliphatic carbocycles. The van der Waals surface area contributed by atoms with Gasteiger partial charge in [-0.1, -0.05) is 40.7 Å². The molecule has 1 saturated heterocycles. The molecule has 0 bridgehead atoms. The molecule has 4 rings (SSSR count). The van der Waals surface area contributed by atoms with E-state index in [1.165, 1.54) is 0 Å². The van der Waals surface area contributed by atoms with Crippen molar-refractivity contribution in [1.82, 2.24) is 25.1 Å². The lowest BCUT2D eigenvalue weighted by Crippen LogP contribution is -2.41. The Morgan fingerprint density at radius 1 is 1.21 bits per heavy atom. The smallest absolute Gasteiger partial charge is 0.276 e. The van der Waals surface area contributed by atoms with Crippen LogP contribution in [0.25, 0.3) is 0 Å². The Hall–Kier alpha value is -3.49. The second-order valence-electron chi connectivity index (χ2n) is 7.17. The minimum atomic E-state index is -0.162. The standard InChI is InChI=1S/C20H22N6O3/c1-14-11-18(23-29-14)21-19(27)16-7-9-25(10-8-16)20(28)17-13-26(24-22-17)12-15-5-3-2-4-6-15/h2-6,11,13,16H,7-10,12H2,1H3,(H,21,23,27). The molecule has 0 saturated carbocycles. The molecule has 3 aromatic rings. The zero-order valence-electron chi connectivity index (χ0n) is 16.1. The molecule has 1 aliphatic rings. The monoisotopic (exact) mass is 394 g/mol. The van der Waals surface area contributed by atoms with Crippen molar-refractivity contribution in [1.29, 1.82) is 0 Å². The highest BCUT2D eigenvalue weighted by Crippen LogP contribution is 2.20. The Morgan fingerprint density at radius 2 is 1.97 bits per heavy atom. The summed E-state index contributed by atoms with van der Waals surface area (Å²) in [6.07, 6.45) is 2.85. The SMILES string of the molecule is Cc1cc(NC(=O)C2CCN(C(=O)c3cn(Cc4ccccc4)nn3)CC2)no1. The van der Waals surface area contributed by atoms with E-state index in [0.29, 0.717) is 49.7 Å². The third kappa shape index (κ3) is 4.50. The van der Waals surface area contributed by atoms with E-state index in [2.05, 4.69) is 20.8 Å². The molecule has 9 nitrogen and oxygen atoms in total. The molecule has 150 valence electrons. The van der Waals surface area contributed by atoms with Crippen LogP contribution >= 0.6 is 0 Å². The van der Waals surface area contributed by atoms with E-state index >= 15 is 0 Å². The summed E-state index contributed by atoms with van der Waals surface area (Å²) < 4.78 is 6.61. The minimum Gasteiger partial charge on any atom is -0.360 e. The van der Waals surface area contributed by atoms with E-state index in [1.54, 1.807) is 28.8 Å². The largest absolute Gasteiger partial charge is 0.360 e. The average molecular weight is 394 g/mol. The van der Waals surface area contributed by atoms with E-state index in [0.717, 1.165) is 5.56 Å². The first-order chi connectivity index (χ1) is 14.1. The van der Waals surface area contributed by atoms with Gasteiger partial charge in [0.05, 0.1) is 12.7 Å². The maximum Gasteiger partial charge on any atom is 0.276 e. The summed E-state index contributed by atoms with van der Waals surface area (Å²) in [4.78, 5) is 26.8. The van der Waals surface area contributed by atoms with Gasteiger partial charge in [-0.2, -0.15) is 0 Å². The summed E-state index contributed by atoms with van der Waals surface area (Å²) in [5.41, 5.74) is 1.41. The van der Waals surface area contributed by atoms with Gasteiger partial charge in [-0.05, 0) is 25.3 Å². The van der Waals surface area contributed by atoms with Crippen LogP contribution in [-0.2, 0) is 11.3 Å². The minimum absolute atomic E-state index is 0.0980. The molecule has 1 fully saturated rings. The Bertz CT molecular complexity index is 989. The Labute approximate surface area is 167 Å². The maximum absolute atomic E-state index is 12.7. The molecular weight excluding hydrogens is 372 g/mol. The number of likely N-dealkylation sites (tertiary alicyclic amines) is 1. The molecule has 0 unspecified atom stereocenters. The van der Waals surface area contributed by atoms with Crippen LogP contribution in [0.3, 0.4) is 0 Å². The van der Waals surface area contributed by atoms with Crippen LogP contribution in [0.4, 0.5) is 5.82 Å². The average Bonchev–Trinajstić information content (AvgIpc) is 3.37. The van der Waals surface area contributed by atoms with Crippen molar-refractivity contribution in [2.45, 2.75) is 26.3 Å². The van der Waals surface area contributed by atoms with Crippen LogP contribution in [0.2, 0.25) is 0 Å². The quantitative estimate of drug-likeness (QED) is 0.710. The van der Waals surface area contributed by atoms with Crippen molar-refractivity contribution < 1.29 is 14.1 Å². The van der Waals surface area contributed by atoms with Crippen molar-refractivity contribution >= 4 is 17.6 Å². The molecule has 1 aliphatic heterocycles. The molecule has 0 atom stereocenters. The second-order valence-corrected chi connectivity index (χ2v) is 7.17. The number of nitrogens with zero attached hydrogens (tertiary/aromatic N) is 5. The number of rotatable bonds is 5. The van der Waals surface area contributed by atoms with Crippen molar-refractivity contribution in [2.24, 2.45) is 5.92 Å². The number of anilines is 1. The van der Waals surface area contributed by atoms with E-state index < -0.39 is 0 Å². The van der Waals surface area contributed by atoms with Crippen LogP contribution in [0, 0.1) is 12.8 Å². The fourth-order valence-electron chi connectivity index (χ4n) is 3.40. The second kappa shape index (κ2) is 8.26. The number of piperidine rings is 1. The van der Waals surface area contributed by atoms with Crippen LogP contribution in [0.15, 0.2) is 47.1 Å². The highest BCUT2D eigenvalue weighted by Gasteiger charge is 2.29. The number of carbonyl (C=O) groups is 2. The maximum atomic E-state index is 12.7. The van der Waals surface area contributed by atoms with E-state index in [9.17, 15) is 9.59 Å². The molecule has 2 amide bonds. The zero-order chi connectivity index (χ0) is 20.2. The normalized spacial score (nSPS) is 14.7. The van der Waals surface area contributed by atoms with Crippen molar-refractivity contribution in [3.05, 3.63) is 59.6 Å². The molecule has 9 heteroatoms. The lowest BCUT2D eigenvalue weighted by atomic mass is 9.95. The third-order valence-corrected chi connectivity index (χ3v) is 4.98. The van der Waals surface area contributed by atoms with E-state index in [4.69, 9.17) is 4.52 Å². The van der Waals surface area contributed by atoms with Crippen LogP contribution < -0.4 is 5.32 Å². The predicted octanol–water partition coefficient (Wildman–Crippen LogP) is 2.11. The van der Waals surface area contributed by atoms with Gasteiger partial charge in [-0.15, -0.1) is 5.10 Å². The van der Waals surface area contributed by atoms with Gasteiger partial charge in [-0.25, -0.2) is 4.68 Å². The van der Waals surface area contributed by atoms with Crippen LogP contribution in [0.1, 0.15) is 34.7 Å². The number of nitrogens with one attached hydrogen (secondary N) is 1. The van der Waals surface area contributed by atoms with Gasteiger partial charge in [0.2, 0.25) is 5.91 Å². The fourth-order valence-corrected chi connectivity index (χ4v) is 3.40.